The molecule has 0 saturated heterocycles. The van der Waals surface area contributed by atoms with Crippen LogP contribution in [0.1, 0.15) is 0 Å². The lowest BCUT2D eigenvalue weighted by atomic mass is 10.2. The van der Waals surface area contributed by atoms with Crippen molar-refractivity contribution in [1.29, 1.82) is 0 Å². The Hall–Kier alpha value is -1.01. The second-order valence-electron chi connectivity index (χ2n) is 3.26. The number of nitrogen functional groups attached to an aromatic ring is 2. The molecule has 0 aliphatic heterocycles. The van der Waals surface area contributed by atoms with Gasteiger partial charge in [-0.3, -0.25) is 4.21 Å². The van der Waals surface area contributed by atoms with Crippen LogP contribution in [0.4, 0.5) is 21.5 Å². The van der Waals surface area contributed by atoms with Crippen LogP contribution in [-0.4, -0.2) is 22.8 Å². The third kappa shape index (κ3) is 2.99. The molecule has 0 amide bonds. The van der Waals surface area contributed by atoms with Gasteiger partial charge in [-0.2, -0.15) is 0 Å². The molecule has 90 valence electrons. The molecular weight excluding hydrogens is 253 g/mol. The lowest BCUT2D eigenvalue weighted by Crippen LogP contribution is -2.13. The molecule has 1 aromatic rings. The number of nitrogens with two attached hydrogens (primary N) is 2. The maximum Gasteiger partial charge on any atom is 0.169 e. The number of nitrogens with one attached hydrogen (secondary N) is 1. The zero-order valence-electron chi connectivity index (χ0n) is 8.72. The van der Waals surface area contributed by atoms with Crippen molar-refractivity contribution >= 4 is 39.5 Å². The summed E-state index contributed by atoms with van der Waals surface area (Å²) in [6.45, 7) is 0.352. The fourth-order valence-electron chi connectivity index (χ4n) is 1.17. The molecule has 0 bridgehead atoms. The van der Waals surface area contributed by atoms with Gasteiger partial charge in [0.15, 0.2) is 5.82 Å². The Kier molecular flexibility index (Phi) is 4.37. The van der Waals surface area contributed by atoms with E-state index in [9.17, 15) is 8.60 Å². The second kappa shape index (κ2) is 5.36. The fourth-order valence-corrected chi connectivity index (χ4v) is 1.70. The lowest BCUT2D eigenvalue weighted by Gasteiger charge is -2.12. The van der Waals surface area contributed by atoms with E-state index in [0.717, 1.165) is 0 Å². The average molecular weight is 266 g/mol. The van der Waals surface area contributed by atoms with Crippen LogP contribution >= 0.6 is 11.6 Å². The standard InChI is InChI=1S/C9H13ClFN3OS/c1-16(15)3-2-14-9-6(13)4-5(12)7(10)8(9)11/h4,14H,2-3,12-13H2,1H3. The summed E-state index contributed by atoms with van der Waals surface area (Å²) in [5.41, 5.74) is 11.4. The summed E-state index contributed by atoms with van der Waals surface area (Å²) < 4.78 is 24.4. The van der Waals surface area contributed by atoms with Crippen LogP contribution in [-0.2, 0) is 10.8 Å². The predicted octanol–water partition coefficient (Wildman–Crippen LogP) is 1.43. The topological polar surface area (TPSA) is 81.1 Å². The SMILES string of the molecule is CS(=O)CCNc1c(N)cc(N)c(Cl)c1F. The van der Waals surface area contributed by atoms with Gasteiger partial charge in [-0.15, -0.1) is 0 Å². The van der Waals surface area contributed by atoms with Crippen LogP contribution < -0.4 is 16.8 Å². The highest BCUT2D eigenvalue weighted by Crippen LogP contribution is 2.33. The summed E-state index contributed by atoms with van der Waals surface area (Å²) in [4.78, 5) is 0. The number of hydrogen-bond donors (Lipinski definition) is 3. The first-order valence-corrected chi connectivity index (χ1v) is 6.60. The molecular formula is C9H13ClFN3OS. The minimum Gasteiger partial charge on any atom is -0.397 e. The molecule has 0 fully saturated rings. The molecule has 1 aromatic carbocycles. The highest BCUT2D eigenvalue weighted by molar-refractivity contribution is 7.84. The molecule has 0 aliphatic carbocycles. The van der Waals surface area contributed by atoms with Crippen LogP contribution in [0, 0.1) is 5.82 Å². The first-order chi connectivity index (χ1) is 7.43. The first kappa shape index (κ1) is 13.1. The summed E-state index contributed by atoms with van der Waals surface area (Å²) >= 11 is 5.64. The van der Waals surface area contributed by atoms with Crippen LogP contribution in [0.3, 0.4) is 0 Å². The number of hydrogen-bond acceptors (Lipinski definition) is 4. The molecule has 1 unspecified atom stereocenters. The molecule has 0 saturated carbocycles. The molecule has 0 radical (unpaired) electrons. The van der Waals surface area contributed by atoms with E-state index in [1.54, 1.807) is 6.26 Å². The van der Waals surface area contributed by atoms with Crippen LogP contribution in [0.2, 0.25) is 5.02 Å². The predicted molar refractivity (Wildman–Crippen MR) is 67.7 cm³/mol. The maximum atomic E-state index is 13.6. The molecule has 5 N–H and O–H groups in total. The molecule has 4 nitrogen and oxygen atoms in total. The Morgan fingerprint density at radius 2 is 2.12 bits per heavy atom. The van der Waals surface area contributed by atoms with Gasteiger partial charge >= 0.3 is 0 Å². The molecule has 0 heterocycles. The third-order valence-corrected chi connectivity index (χ3v) is 3.12. The van der Waals surface area contributed by atoms with E-state index in [4.69, 9.17) is 23.1 Å². The highest BCUT2D eigenvalue weighted by atomic mass is 35.5. The van der Waals surface area contributed by atoms with Gasteiger partial charge in [0.05, 0.1) is 17.1 Å². The summed E-state index contributed by atoms with van der Waals surface area (Å²) in [6.07, 6.45) is 1.57. The zero-order chi connectivity index (χ0) is 12.3. The van der Waals surface area contributed by atoms with Crippen LogP contribution in [0.25, 0.3) is 0 Å². The van der Waals surface area contributed by atoms with Crippen LogP contribution in [0.5, 0.6) is 0 Å². The number of benzene rings is 1. The molecule has 0 spiro atoms. The molecule has 1 atom stereocenters. The minimum atomic E-state index is -0.946. The number of anilines is 3. The van der Waals surface area contributed by atoms with E-state index in [1.165, 1.54) is 6.07 Å². The summed E-state index contributed by atoms with van der Waals surface area (Å²) in [6, 6.07) is 1.39. The van der Waals surface area contributed by atoms with Gasteiger partial charge in [0.25, 0.3) is 0 Å². The molecule has 1 rings (SSSR count). The number of rotatable bonds is 4. The van der Waals surface area contributed by atoms with E-state index in [-0.39, 0.29) is 22.1 Å². The minimum absolute atomic E-state index is 0.0984. The van der Waals surface area contributed by atoms with E-state index < -0.39 is 16.6 Å². The Balaban J connectivity index is 2.87. The fraction of sp³-hybridized carbons (Fsp3) is 0.333. The van der Waals surface area contributed by atoms with Gasteiger partial charge in [-0.05, 0) is 6.07 Å². The summed E-state index contributed by atoms with van der Waals surface area (Å²) in [7, 11) is -0.946. The third-order valence-electron chi connectivity index (χ3n) is 1.96. The molecule has 0 aromatic heterocycles. The Morgan fingerprint density at radius 3 is 2.69 bits per heavy atom. The summed E-state index contributed by atoms with van der Waals surface area (Å²) in [5, 5.41) is 2.59. The van der Waals surface area contributed by atoms with Gasteiger partial charge in [-0.25, -0.2) is 4.39 Å². The van der Waals surface area contributed by atoms with E-state index >= 15 is 0 Å². The Labute approximate surface area is 101 Å². The second-order valence-corrected chi connectivity index (χ2v) is 5.19. The molecule has 16 heavy (non-hydrogen) atoms. The van der Waals surface area contributed by atoms with Gasteiger partial charge in [0.1, 0.15) is 5.02 Å². The van der Waals surface area contributed by atoms with E-state index in [2.05, 4.69) is 5.32 Å². The van der Waals surface area contributed by atoms with E-state index in [1.807, 2.05) is 0 Å². The molecule has 7 heteroatoms. The van der Waals surface area contributed by atoms with Gasteiger partial charge in [0, 0.05) is 29.4 Å². The van der Waals surface area contributed by atoms with Crippen LogP contribution in [0.15, 0.2) is 6.07 Å². The average Bonchev–Trinajstić information content (AvgIpc) is 2.19. The van der Waals surface area contributed by atoms with Crippen molar-refractivity contribution in [2.24, 2.45) is 0 Å². The first-order valence-electron chi connectivity index (χ1n) is 4.50. The zero-order valence-corrected chi connectivity index (χ0v) is 10.3. The van der Waals surface area contributed by atoms with Crippen molar-refractivity contribution in [3.05, 3.63) is 16.9 Å². The quantitative estimate of drug-likeness (QED) is 0.720. The van der Waals surface area contributed by atoms with Crippen molar-refractivity contribution < 1.29 is 8.60 Å². The Morgan fingerprint density at radius 1 is 1.50 bits per heavy atom. The van der Waals surface area contributed by atoms with Gasteiger partial charge in [0.2, 0.25) is 0 Å². The molecule has 0 aliphatic rings. The maximum absolute atomic E-state index is 13.6. The smallest absolute Gasteiger partial charge is 0.169 e. The Bertz CT molecular complexity index is 428. The van der Waals surface area contributed by atoms with Crippen molar-refractivity contribution in [2.45, 2.75) is 0 Å². The lowest BCUT2D eigenvalue weighted by molar-refractivity contribution is 0.632. The van der Waals surface area contributed by atoms with Gasteiger partial charge < -0.3 is 16.8 Å². The highest BCUT2D eigenvalue weighted by Gasteiger charge is 2.13. The monoisotopic (exact) mass is 265 g/mol. The van der Waals surface area contributed by atoms with Crippen molar-refractivity contribution in [1.82, 2.24) is 0 Å². The normalized spacial score (nSPS) is 12.4. The van der Waals surface area contributed by atoms with Gasteiger partial charge in [-0.1, -0.05) is 11.6 Å². The number of halogens is 2. The van der Waals surface area contributed by atoms with E-state index in [0.29, 0.717) is 12.3 Å². The summed E-state index contributed by atoms with van der Waals surface area (Å²) in [5.74, 6) is -0.276. The van der Waals surface area contributed by atoms with Crippen molar-refractivity contribution in [3.63, 3.8) is 0 Å². The van der Waals surface area contributed by atoms with Crippen molar-refractivity contribution in [2.75, 3.05) is 35.3 Å². The largest absolute Gasteiger partial charge is 0.397 e. The van der Waals surface area contributed by atoms with Crippen molar-refractivity contribution in [3.8, 4) is 0 Å².